The van der Waals surface area contributed by atoms with Crippen molar-refractivity contribution >= 4 is 23.3 Å². The van der Waals surface area contributed by atoms with Crippen LogP contribution in [-0.2, 0) is 0 Å². The van der Waals surface area contributed by atoms with Gasteiger partial charge < -0.3 is 4.42 Å². The van der Waals surface area contributed by atoms with Crippen molar-refractivity contribution in [3.05, 3.63) is 70.2 Å². The first kappa shape index (κ1) is 11.3. The molecular weight excluding hydrogens is 240 g/mol. The number of benzene rings is 1. The first-order valence-electron chi connectivity index (χ1n) is 5.81. The molecule has 1 aromatic carbocycles. The number of hydrogen-bond donors (Lipinski definition) is 0. The molecular formula is C15H10N2O2. The van der Waals surface area contributed by atoms with E-state index in [2.05, 4.69) is 10.2 Å². The van der Waals surface area contributed by atoms with Gasteiger partial charge in [-0.3, -0.25) is 4.79 Å². The Morgan fingerprint density at radius 1 is 1.05 bits per heavy atom. The van der Waals surface area contributed by atoms with E-state index in [1.165, 1.54) is 12.3 Å². The van der Waals surface area contributed by atoms with Crippen molar-refractivity contribution in [3.63, 3.8) is 0 Å². The first-order valence-corrected chi connectivity index (χ1v) is 5.81. The van der Waals surface area contributed by atoms with Gasteiger partial charge in [-0.2, -0.15) is 5.10 Å². The van der Waals surface area contributed by atoms with E-state index in [1.807, 2.05) is 36.4 Å². The fourth-order valence-electron chi connectivity index (χ4n) is 1.75. The van der Waals surface area contributed by atoms with Crippen LogP contribution in [0.25, 0.3) is 23.3 Å². The van der Waals surface area contributed by atoms with Crippen LogP contribution in [0, 0.1) is 0 Å². The maximum Gasteiger partial charge on any atom is 0.250 e. The highest BCUT2D eigenvalue weighted by molar-refractivity contribution is 5.74. The summed E-state index contributed by atoms with van der Waals surface area (Å²) in [6, 6.07) is 12.8. The van der Waals surface area contributed by atoms with E-state index in [0.29, 0.717) is 11.1 Å². The first-order chi connectivity index (χ1) is 9.33. The van der Waals surface area contributed by atoms with E-state index in [0.717, 1.165) is 5.56 Å². The van der Waals surface area contributed by atoms with E-state index in [9.17, 15) is 4.79 Å². The van der Waals surface area contributed by atoms with Crippen LogP contribution < -0.4 is 5.43 Å². The Morgan fingerprint density at radius 2 is 1.89 bits per heavy atom. The lowest BCUT2D eigenvalue weighted by Gasteiger charge is -1.96. The largest absolute Gasteiger partial charge is 0.437 e. The Kier molecular flexibility index (Phi) is 2.90. The SMILES string of the molecule is O=c1cc(/C=C/c2ccccc2)oc2nnccc12. The molecule has 0 radical (unpaired) electrons. The zero-order chi connectivity index (χ0) is 13.1. The minimum absolute atomic E-state index is 0.121. The van der Waals surface area contributed by atoms with Crippen LogP contribution >= 0.6 is 0 Å². The number of nitrogens with zero attached hydrogens (tertiary/aromatic N) is 2. The summed E-state index contributed by atoms with van der Waals surface area (Å²) >= 11 is 0. The highest BCUT2D eigenvalue weighted by Gasteiger charge is 2.03. The topological polar surface area (TPSA) is 56.0 Å². The number of fused-ring (bicyclic) bond motifs is 1. The molecule has 0 aliphatic carbocycles. The zero-order valence-corrected chi connectivity index (χ0v) is 9.98. The van der Waals surface area contributed by atoms with Gasteiger partial charge >= 0.3 is 0 Å². The number of rotatable bonds is 2. The van der Waals surface area contributed by atoms with Crippen molar-refractivity contribution in [1.29, 1.82) is 0 Å². The van der Waals surface area contributed by atoms with Crippen LogP contribution in [0.4, 0.5) is 0 Å². The minimum atomic E-state index is -0.121. The molecule has 0 unspecified atom stereocenters. The van der Waals surface area contributed by atoms with Gasteiger partial charge in [-0.15, -0.1) is 5.10 Å². The van der Waals surface area contributed by atoms with Crippen LogP contribution in [0.2, 0.25) is 0 Å². The summed E-state index contributed by atoms with van der Waals surface area (Å²) in [4.78, 5) is 11.8. The van der Waals surface area contributed by atoms with Gasteiger partial charge in [0.05, 0.1) is 11.6 Å². The molecule has 0 aliphatic rings. The monoisotopic (exact) mass is 250 g/mol. The molecule has 0 bridgehead atoms. The average Bonchev–Trinajstić information content (AvgIpc) is 2.46. The summed E-state index contributed by atoms with van der Waals surface area (Å²) in [6.07, 6.45) is 5.09. The molecule has 0 saturated heterocycles. The van der Waals surface area contributed by atoms with Crippen LogP contribution in [-0.4, -0.2) is 10.2 Å². The van der Waals surface area contributed by atoms with Gasteiger partial charge in [0, 0.05) is 6.07 Å². The Bertz CT molecular complexity index is 792. The summed E-state index contributed by atoms with van der Waals surface area (Å²) in [7, 11) is 0. The quantitative estimate of drug-likeness (QED) is 0.701. The van der Waals surface area contributed by atoms with Gasteiger partial charge in [-0.1, -0.05) is 36.4 Å². The third-order valence-electron chi connectivity index (χ3n) is 2.68. The van der Waals surface area contributed by atoms with E-state index in [4.69, 9.17) is 4.42 Å². The third-order valence-corrected chi connectivity index (χ3v) is 2.68. The highest BCUT2D eigenvalue weighted by Crippen LogP contribution is 2.11. The summed E-state index contributed by atoms with van der Waals surface area (Å²) in [5.41, 5.74) is 1.16. The molecule has 0 spiro atoms. The molecule has 0 aliphatic heterocycles. The molecule has 0 amide bonds. The van der Waals surface area contributed by atoms with Crippen LogP contribution in [0.15, 0.2) is 57.9 Å². The molecule has 92 valence electrons. The second-order valence-electron chi connectivity index (χ2n) is 4.01. The molecule has 3 aromatic rings. The van der Waals surface area contributed by atoms with Crippen molar-refractivity contribution < 1.29 is 4.42 Å². The second-order valence-corrected chi connectivity index (χ2v) is 4.01. The summed E-state index contributed by atoms with van der Waals surface area (Å²) < 4.78 is 5.50. The molecule has 4 heteroatoms. The molecule has 0 atom stereocenters. The van der Waals surface area contributed by atoms with Gasteiger partial charge in [-0.25, -0.2) is 0 Å². The zero-order valence-electron chi connectivity index (χ0n) is 9.98. The average molecular weight is 250 g/mol. The van der Waals surface area contributed by atoms with Gasteiger partial charge in [0.25, 0.3) is 0 Å². The van der Waals surface area contributed by atoms with Crippen molar-refractivity contribution in [2.24, 2.45) is 0 Å². The van der Waals surface area contributed by atoms with Gasteiger partial charge in [0.2, 0.25) is 5.71 Å². The second kappa shape index (κ2) is 4.86. The Balaban J connectivity index is 2.02. The molecule has 2 heterocycles. The maximum absolute atomic E-state index is 11.8. The predicted octanol–water partition coefficient (Wildman–Crippen LogP) is 2.75. The van der Waals surface area contributed by atoms with Gasteiger partial charge in [-0.05, 0) is 17.7 Å². The standard InChI is InChI=1S/C15H10N2O2/c18-14-10-12(7-6-11-4-2-1-3-5-11)19-15-13(14)8-9-16-17-15/h1-10H/b7-6+. The smallest absolute Gasteiger partial charge is 0.250 e. The molecule has 4 nitrogen and oxygen atoms in total. The molecule has 0 fully saturated rings. The minimum Gasteiger partial charge on any atom is -0.437 e. The van der Waals surface area contributed by atoms with Crippen LogP contribution in [0.1, 0.15) is 11.3 Å². The lowest BCUT2D eigenvalue weighted by atomic mass is 10.2. The predicted molar refractivity (Wildman–Crippen MR) is 73.4 cm³/mol. The Morgan fingerprint density at radius 3 is 2.74 bits per heavy atom. The normalized spacial score (nSPS) is 11.2. The highest BCUT2D eigenvalue weighted by atomic mass is 16.3. The molecule has 0 saturated carbocycles. The van der Waals surface area contributed by atoms with Gasteiger partial charge in [0.1, 0.15) is 5.76 Å². The van der Waals surface area contributed by atoms with Crippen LogP contribution in [0.5, 0.6) is 0 Å². The summed E-state index contributed by atoms with van der Waals surface area (Å²) in [5, 5.41) is 7.95. The van der Waals surface area contributed by atoms with Crippen molar-refractivity contribution in [1.82, 2.24) is 10.2 Å². The summed E-state index contributed by atoms with van der Waals surface area (Å²) in [6.45, 7) is 0. The van der Waals surface area contributed by atoms with E-state index in [1.54, 1.807) is 12.1 Å². The molecule has 19 heavy (non-hydrogen) atoms. The van der Waals surface area contributed by atoms with E-state index < -0.39 is 0 Å². The number of aromatic nitrogens is 2. The van der Waals surface area contributed by atoms with E-state index >= 15 is 0 Å². The van der Waals surface area contributed by atoms with Gasteiger partial charge in [0.15, 0.2) is 5.43 Å². The third kappa shape index (κ3) is 2.42. The number of hydrogen-bond acceptors (Lipinski definition) is 4. The van der Waals surface area contributed by atoms with Crippen molar-refractivity contribution in [3.8, 4) is 0 Å². The fourth-order valence-corrected chi connectivity index (χ4v) is 1.75. The lowest BCUT2D eigenvalue weighted by molar-refractivity contribution is 0.572. The van der Waals surface area contributed by atoms with Crippen LogP contribution in [0.3, 0.4) is 0 Å². The van der Waals surface area contributed by atoms with Crippen molar-refractivity contribution in [2.75, 3.05) is 0 Å². The van der Waals surface area contributed by atoms with Crippen molar-refractivity contribution in [2.45, 2.75) is 0 Å². The molecule has 3 rings (SSSR count). The Hall–Kier alpha value is -2.75. The molecule has 0 N–H and O–H groups in total. The van der Waals surface area contributed by atoms with E-state index in [-0.39, 0.29) is 11.1 Å². The Labute approximate surface area is 109 Å². The fraction of sp³-hybridized carbons (Fsp3) is 0. The summed E-state index contributed by atoms with van der Waals surface area (Å²) in [5.74, 6) is 0.460. The molecule has 2 aromatic heterocycles. The maximum atomic E-state index is 11.8. The lowest BCUT2D eigenvalue weighted by Crippen LogP contribution is -2.01.